The molecule has 5 nitrogen and oxygen atoms in total. The van der Waals surface area contributed by atoms with Gasteiger partial charge in [0.25, 0.3) is 0 Å². The largest absolute Gasteiger partial charge is 0.360 e. The van der Waals surface area contributed by atoms with Gasteiger partial charge >= 0.3 is 0 Å². The fourth-order valence-electron chi connectivity index (χ4n) is 1.40. The minimum absolute atomic E-state index is 0.0501. The summed E-state index contributed by atoms with van der Waals surface area (Å²) in [7, 11) is 0. The first-order chi connectivity index (χ1) is 9.49. The Morgan fingerprint density at radius 1 is 1.30 bits per heavy atom. The van der Waals surface area contributed by atoms with E-state index >= 15 is 0 Å². The molecular weight excluding hydrogens is 290 g/mol. The lowest BCUT2D eigenvalue weighted by Crippen LogP contribution is -2.15. The summed E-state index contributed by atoms with van der Waals surface area (Å²) >= 11 is 3.08. The van der Waals surface area contributed by atoms with E-state index in [1.165, 1.54) is 11.8 Å². The van der Waals surface area contributed by atoms with Gasteiger partial charge in [-0.25, -0.2) is 9.97 Å². The lowest BCUT2D eigenvalue weighted by Gasteiger charge is -2.16. The Labute approximate surface area is 127 Å². The van der Waals surface area contributed by atoms with Gasteiger partial charge in [-0.2, -0.15) is 0 Å². The Hall–Kier alpha value is -1.21. The Kier molecular flexibility index (Phi) is 4.93. The van der Waals surface area contributed by atoms with Crippen molar-refractivity contribution in [1.82, 2.24) is 20.2 Å². The highest BCUT2D eigenvalue weighted by atomic mass is 32.2. The molecule has 20 heavy (non-hydrogen) atoms. The van der Waals surface area contributed by atoms with Crippen LogP contribution in [0.25, 0.3) is 0 Å². The van der Waals surface area contributed by atoms with Crippen molar-refractivity contribution >= 4 is 28.2 Å². The van der Waals surface area contributed by atoms with E-state index in [2.05, 4.69) is 53.2 Å². The van der Waals surface area contributed by atoms with Crippen LogP contribution in [0.2, 0.25) is 0 Å². The molecule has 2 rings (SSSR count). The van der Waals surface area contributed by atoms with Crippen LogP contribution in [0.3, 0.4) is 0 Å². The predicted molar refractivity (Wildman–Crippen MR) is 83.5 cm³/mol. The average Bonchev–Trinajstić information content (AvgIpc) is 2.83. The molecule has 0 aliphatic rings. The molecular formula is C13H19N5S2. The van der Waals surface area contributed by atoms with E-state index in [9.17, 15) is 0 Å². The van der Waals surface area contributed by atoms with Crippen molar-refractivity contribution in [2.24, 2.45) is 0 Å². The van der Waals surface area contributed by atoms with E-state index < -0.39 is 0 Å². The normalized spacial score (nSPS) is 11.6. The third kappa shape index (κ3) is 4.14. The van der Waals surface area contributed by atoms with E-state index in [1.54, 1.807) is 17.5 Å². The zero-order valence-corrected chi connectivity index (χ0v) is 13.8. The van der Waals surface area contributed by atoms with Gasteiger partial charge in [0.05, 0.1) is 0 Å². The summed E-state index contributed by atoms with van der Waals surface area (Å²) in [5.41, 5.74) is -0.0501. The van der Waals surface area contributed by atoms with Gasteiger partial charge in [0, 0.05) is 18.2 Å². The van der Waals surface area contributed by atoms with Crippen LogP contribution in [0.15, 0.2) is 21.6 Å². The fourth-order valence-corrected chi connectivity index (χ4v) is 3.09. The summed E-state index contributed by atoms with van der Waals surface area (Å²) in [5, 5.41) is 13.3. The summed E-state index contributed by atoms with van der Waals surface area (Å²) in [4.78, 5) is 8.91. The van der Waals surface area contributed by atoms with Gasteiger partial charge in [-0.3, -0.25) is 0 Å². The molecule has 0 spiro atoms. The van der Waals surface area contributed by atoms with Crippen LogP contribution >= 0.6 is 23.1 Å². The van der Waals surface area contributed by atoms with E-state index in [0.717, 1.165) is 33.3 Å². The first kappa shape index (κ1) is 15.2. The van der Waals surface area contributed by atoms with Crippen LogP contribution in [0.5, 0.6) is 0 Å². The lowest BCUT2D eigenvalue weighted by molar-refractivity contribution is 0.538. The van der Waals surface area contributed by atoms with Crippen LogP contribution in [0, 0.1) is 0 Å². The third-order valence-electron chi connectivity index (χ3n) is 2.43. The van der Waals surface area contributed by atoms with Crippen molar-refractivity contribution in [2.75, 3.05) is 11.9 Å². The Bertz CT molecular complexity index is 562. The van der Waals surface area contributed by atoms with Gasteiger partial charge in [-0.1, -0.05) is 39.0 Å². The maximum atomic E-state index is 4.58. The monoisotopic (exact) mass is 309 g/mol. The van der Waals surface area contributed by atoms with Gasteiger partial charge in [0.1, 0.15) is 10.9 Å². The van der Waals surface area contributed by atoms with Gasteiger partial charge in [-0.05, 0) is 24.2 Å². The highest BCUT2D eigenvalue weighted by Crippen LogP contribution is 2.31. The van der Waals surface area contributed by atoms with Crippen molar-refractivity contribution in [3.63, 3.8) is 0 Å². The molecule has 1 N–H and O–H groups in total. The van der Waals surface area contributed by atoms with Crippen molar-refractivity contribution < 1.29 is 0 Å². The highest BCUT2D eigenvalue weighted by Gasteiger charge is 2.18. The van der Waals surface area contributed by atoms with Gasteiger partial charge in [0.15, 0.2) is 4.34 Å². The molecule has 7 heteroatoms. The molecule has 0 aromatic carbocycles. The van der Waals surface area contributed by atoms with Crippen LogP contribution in [-0.4, -0.2) is 26.7 Å². The highest BCUT2D eigenvalue weighted by molar-refractivity contribution is 8.01. The minimum atomic E-state index is -0.0501. The number of nitrogens with zero attached hydrogens (tertiary/aromatic N) is 4. The molecule has 0 unspecified atom stereocenters. The van der Waals surface area contributed by atoms with E-state index in [-0.39, 0.29) is 5.41 Å². The number of anilines is 1. The second-order valence-electron chi connectivity index (χ2n) is 5.37. The molecule has 0 amide bonds. The Morgan fingerprint density at radius 3 is 2.80 bits per heavy atom. The molecule has 0 atom stereocenters. The average molecular weight is 309 g/mol. The predicted octanol–water partition coefficient (Wildman–Crippen LogP) is 3.60. The van der Waals surface area contributed by atoms with Crippen LogP contribution in [0.1, 0.15) is 39.9 Å². The number of hydrogen-bond acceptors (Lipinski definition) is 7. The summed E-state index contributed by atoms with van der Waals surface area (Å²) in [6.45, 7) is 9.36. The number of aromatic nitrogens is 4. The smallest absolute Gasteiger partial charge is 0.206 e. The zero-order valence-electron chi connectivity index (χ0n) is 12.2. The minimum Gasteiger partial charge on any atom is -0.360 e. The van der Waals surface area contributed by atoms with E-state index in [4.69, 9.17) is 0 Å². The topological polar surface area (TPSA) is 63.6 Å². The Balaban J connectivity index is 2.08. The lowest BCUT2D eigenvalue weighted by atomic mass is 9.96. The molecule has 2 aromatic rings. The fraction of sp³-hybridized carbons (Fsp3) is 0.538. The maximum absolute atomic E-state index is 4.58. The molecule has 0 fully saturated rings. The molecule has 0 bridgehead atoms. The van der Waals surface area contributed by atoms with Crippen LogP contribution in [0.4, 0.5) is 5.13 Å². The van der Waals surface area contributed by atoms with E-state index in [0.29, 0.717) is 0 Å². The number of hydrogen-bond donors (Lipinski definition) is 1. The molecule has 0 aliphatic carbocycles. The number of rotatable bonds is 5. The SMILES string of the molecule is CCCNc1nnc(Sc2ccnc(C(C)(C)C)n2)s1. The van der Waals surface area contributed by atoms with Crippen LogP contribution < -0.4 is 5.32 Å². The second kappa shape index (κ2) is 6.49. The first-order valence-corrected chi connectivity index (χ1v) is 8.21. The van der Waals surface area contributed by atoms with Gasteiger partial charge in [-0.15, -0.1) is 10.2 Å². The van der Waals surface area contributed by atoms with Crippen molar-refractivity contribution in [3.8, 4) is 0 Å². The molecule has 0 saturated carbocycles. The molecule has 108 valence electrons. The molecule has 2 aromatic heterocycles. The summed E-state index contributed by atoms with van der Waals surface area (Å²) < 4.78 is 0.891. The first-order valence-electron chi connectivity index (χ1n) is 6.58. The standard InChI is InChI=1S/C13H19N5S2/c1-5-7-15-11-17-18-12(20-11)19-9-6-8-14-10(16-9)13(2,3)4/h6,8H,5,7H2,1-4H3,(H,15,17). The summed E-state index contributed by atoms with van der Waals surface area (Å²) in [6, 6.07) is 1.90. The van der Waals surface area contributed by atoms with Crippen LogP contribution in [-0.2, 0) is 5.41 Å². The summed E-state index contributed by atoms with van der Waals surface area (Å²) in [5.74, 6) is 0.844. The second-order valence-corrected chi connectivity index (χ2v) is 7.62. The summed E-state index contributed by atoms with van der Waals surface area (Å²) in [6.07, 6.45) is 2.87. The van der Waals surface area contributed by atoms with Crippen molar-refractivity contribution in [3.05, 3.63) is 18.1 Å². The van der Waals surface area contributed by atoms with Gasteiger partial charge in [0.2, 0.25) is 5.13 Å². The molecule has 0 saturated heterocycles. The van der Waals surface area contributed by atoms with Crippen molar-refractivity contribution in [2.45, 2.75) is 48.9 Å². The molecule has 0 radical (unpaired) electrons. The Morgan fingerprint density at radius 2 is 2.10 bits per heavy atom. The molecule has 2 heterocycles. The maximum Gasteiger partial charge on any atom is 0.206 e. The third-order valence-corrected chi connectivity index (χ3v) is 4.29. The van der Waals surface area contributed by atoms with E-state index in [1.807, 2.05) is 6.07 Å². The quantitative estimate of drug-likeness (QED) is 0.851. The van der Waals surface area contributed by atoms with Gasteiger partial charge < -0.3 is 5.32 Å². The van der Waals surface area contributed by atoms with Crippen molar-refractivity contribution in [1.29, 1.82) is 0 Å². The molecule has 0 aliphatic heterocycles. The number of nitrogens with one attached hydrogen (secondary N) is 1. The zero-order chi connectivity index (χ0) is 14.6.